The molecule has 0 aliphatic carbocycles. The molecule has 2 rings (SSSR count). The van der Waals surface area contributed by atoms with Crippen molar-refractivity contribution in [1.82, 2.24) is 15.1 Å². The molecule has 0 aromatic carbocycles. The Morgan fingerprint density at radius 3 is 2.56 bits per heavy atom. The Kier molecular flexibility index (Phi) is 4.62. The molecule has 3 nitrogen and oxygen atoms in total. The number of nitrogens with one attached hydrogen (secondary N) is 1. The molecule has 16 heavy (non-hydrogen) atoms. The molecule has 2 fully saturated rings. The van der Waals surface area contributed by atoms with E-state index in [-0.39, 0.29) is 0 Å². The number of nitrogens with zero attached hydrogens (tertiary/aromatic N) is 2. The molecule has 2 heterocycles. The molecule has 2 saturated heterocycles. The van der Waals surface area contributed by atoms with Crippen molar-refractivity contribution in [3.63, 3.8) is 0 Å². The van der Waals surface area contributed by atoms with Crippen LogP contribution in [0, 0.1) is 0 Å². The second-order valence-electron chi connectivity index (χ2n) is 5.39. The zero-order valence-corrected chi connectivity index (χ0v) is 10.9. The van der Waals surface area contributed by atoms with Gasteiger partial charge in [-0.25, -0.2) is 0 Å². The summed E-state index contributed by atoms with van der Waals surface area (Å²) in [4.78, 5) is 5.28. The summed E-state index contributed by atoms with van der Waals surface area (Å²) in [6, 6.07) is 1.54. The molecule has 0 aromatic heterocycles. The quantitative estimate of drug-likeness (QED) is 0.774. The van der Waals surface area contributed by atoms with Gasteiger partial charge in [0, 0.05) is 44.8 Å². The average Bonchev–Trinajstić information content (AvgIpc) is 2.82. The fraction of sp³-hybridized carbons (Fsp3) is 1.00. The third kappa shape index (κ3) is 3.19. The van der Waals surface area contributed by atoms with Gasteiger partial charge in [-0.05, 0) is 32.7 Å². The van der Waals surface area contributed by atoms with E-state index in [0.717, 1.165) is 12.1 Å². The van der Waals surface area contributed by atoms with Crippen LogP contribution in [0.15, 0.2) is 0 Å². The van der Waals surface area contributed by atoms with E-state index in [1.54, 1.807) is 0 Å². The summed E-state index contributed by atoms with van der Waals surface area (Å²) in [7, 11) is 0. The average molecular weight is 225 g/mol. The van der Waals surface area contributed by atoms with Gasteiger partial charge in [0.2, 0.25) is 0 Å². The van der Waals surface area contributed by atoms with Gasteiger partial charge >= 0.3 is 0 Å². The summed E-state index contributed by atoms with van der Waals surface area (Å²) < 4.78 is 0. The Bertz CT molecular complexity index is 193. The van der Waals surface area contributed by atoms with E-state index < -0.39 is 0 Å². The highest BCUT2D eigenvalue weighted by Gasteiger charge is 2.23. The van der Waals surface area contributed by atoms with E-state index in [4.69, 9.17) is 0 Å². The molecule has 94 valence electrons. The zero-order valence-electron chi connectivity index (χ0n) is 10.9. The van der Waals surface area contributed by atoms with Crippen molar-refractivity contribution in [2.45, 2.75) is 45.2 Å². The lowest BCUT2D eigenvalue weighted by molar-refractivity contribution is 0.0954. The van der Waals surface area contributed by atoms with Crippen molar-refractivity contribution in [3.05, 3.63) is 0 Å². The molecule has 0 spiro atoms. The van der Waals surface area contributed by atoms with Gasteiger partial charge in [0.25, 0.3) is 0 Å². The fourth-order valence-electron chi connectivity index (χ4n) is 2.87. The first-order chi connectivity index (χ1) is 7.79. The molecule has 0 saturated carbocycles. The molecule has 2 unspecified atom stereocenters. The Hall–Kier alpha value is -0.120. The van der Waals surface area contributed by atoms with Crippen molar-refractivity contribution in [2.75, 3.05) is 39.3 Å². The molecule has 3 heteroatoms. The number of piperazine rings is 1. The summed E-state index contributed by atoms with van der Waals surface area (Å²) in [5, 5.41) is 3.59. The summed E-state index contributed by atoms with van der Waals surface area (Å²) >= 11 is 0. The first-order valence-corrected chi connectivity index (χ1v) is 6.99. The molecule has 2 aliphatic rings. The minimum Gasteiger partial charge on any atom is -0.313 e. The maximum absolute atomic E-state index is 3.59. The minimum atomic E-state index is 0.770. The van der Waals surface area contributed by atoms with Gasteiger partial charge in [-0.1, -0.05) is 6.92 Å². The SMILES string of the molecule is CCC(C)N1CCN(CC2CCCN2)CC1. The third-order valence-corrected chi connectivity index (χ3v) is 4.26. The zero-order chi connectivity index (χ0) is 11.4. The van der Waals surface area contributed by atoms with Gasteiger partial charge in [0.15, 0.2) is 0 Å². The predicted molar refractivity (Wildman–Crippen MR) is 68.8 cm³/mol. The maximum Gasteiger partial charge on any atom is 0.0195 e. The minimum absolute atomic E-state index is 0.770. The van der Waals surface area contributed by atoms with Crippen LogP contribution >= 0.6 is 0 Å². The Morgan fingerprint density at radius 2 is 2.00 bits per heavy atom. The highest BCUT2D eigenvalue weighted by atomic mass is 15.3. The molecule has 2 atom stereocenters. The van der Waals surface area contributed by atoms with Gasteiger partial charge < -0.3 is 5.32 Å². The van der Waals surface area contributed by atoms with Crippen LogP contribution in [-0.2, 0) is 0 Å². The number of hydrogen-bond donors (Lipinski definition) is 1. The van der Waals surface area contributed by atoms with Crippen molar-refractivity contribution < 1.29 is 0 Å². The first kappa shape index (κ1) is 12.3. The maximum atomic E-state index is 3.59. The van der Waals surface area contributed by atoms with Crippen molar-refractivity contribution in [3.8, 4) is 0 Å². The molecule has 1 N–H and O–H groups in total. The van der Waals surface area contributed by atoms with Crippen LogP contribution in [-0.4, -0.2) is 61.2 Å². The lowest BCUT2D eigenvalue weighted by atomic mass is 10.1. The fourth-order valence-corrected chi connectivity index (χ4v) is 2.87. The van der Waals surface area contributed by atoms with E-state index in [0.29, 0.717) is 0 Å². The summed E-state index contributed by atoms with van der Waals surface area (Å²) in [6.45, 7) is 12.2. The predicted octanol–water partition coefficient (Wildman–Crippen LogP) is 1.15. The van der Waals surface area contributed by atoms with Crippen LogP contribution in [0.4, 0.5) is 0 Å². The molecule has 0 radical (unpaired) electrons. The molecular weight excluding hydrogens is 198 g/mol. The summed E-state index contributed by atoms with van der Waals surface area (Å²) in [6.07, 6.45) is 4.03. The van der Waals surface area contributed by atoms with Gasteiger partial charge in [0.05, 0.1) is 0 Å². The van der Waals surface area contributed by atoms with Gasteiger partial charge in [-0.3, -0.25) is 9.80 Å². The Balaban J connectivity index is 1.68. The van der Waals surface area contributed by atoms with Gasteiger partial charge in [0.1, 0.15) is 0 Å². The van der Waals surface area contributed by atoms with E-state index in [1.165, 1.54) is 58.5 Å². The highest BCUT2D eigenvalue weighted by molar-refractivity contribution is 4.82. The molecule has 2 aliphatic heterocycles. The molecule has 0 aromatic rings. The normalized spacial score (nSPS) is 30.8. The second kappa shape index (κ2) is 5.99. The van der Waals surface area contributed by atoms with Gasteiger partial charge in [-0.2, -0.15) is 0 Å². The van der Waals surface area contributed by atoms with Crippen LogP contribution in [0.25, 0.3) is 0 Å². The summed E-state index contributed by atoms with van der Waals surface area (Å²) in [5.41, 5.74) is 0. The topological polar surface area (TPSA) is 18.5 Å². The van der Waals surface area contributed by atoms with E-state index >= 15 is 0 Å². The van der Waals surface area contributed by atoms with Crippen LogP contribution in [0.1, 0.15) is 33.1 Å². The van der Waals surface area contributed by atoms with E-state index in [2.05, 4.69) is 29.0 Å². The van der Waals surface area contributed by atoms with Crippen molar-refractivity contribution in [2.24, 2.45) is 0 Å². The number of rotatable bonds is 4. The lowest BCUT2D eigenvalue weighted by Gasteiger charge is -2.38. The standard InChI is InChI=1S/C13H27N3/c1-3-12(2)16-9-7-15(8-10-16)11-13-5-4-6-14-13/h12-14H,3-11H2,1-2H3. The van der Waals surface area contributed by atoms with Crippen LogP contribution < -0.4 is 5.32 Å². The monoisotopic (exact) mass is 225 g/mol. The lowest BCUT2D eigenvalue weighted by Crippen LogP contribution is -2.51. The first-order valence-electron chi connectivity index (χ1n) is 6.99. The van der Waals surface area contributed by atoms with Crippen molar-refractivity contribution in [1.29, 1.82) is 0 Å². The third-order valence-electron chi connectivity index (χ3n) is 4.26. The second-order valence-corrected chi connectivity index (χ2v) is 5.39. The molecule has 0 bridgehead atoms. The Labute approximate surface area is 100 Å². The largest absolute Gasteiger partial charge is 0.313 e. The van der Waals surface area contributed by atoms with E-state index in [9.17, 15) is 0 Å². The van der Waals surface area contributed by atoms with Crippen LogP contribution in [0.5, 0.6) is 0 Å². The van der Waals surface area contributed by atoms with Gasteiger partial charge in [-0.15, -0.1) is 0 Å². The molecule has 0 amide bonds. The Morgan fingerprint density at radius 1 is 1.25 bits per heavy atom. The summed E-state index contributed by atoms with van der Waals surface area (Å²) in [5.74, 6) is 0. The number of hydrogen-bond acceptors (Lipinski definition) is 3. The van der Waals surface area contributed by atoms with Crippen LogP contribution in [0.2, 0.25) is 0 Å². The van der Waals surface area contributed by atoms with Crippen LogP contribution in [0.3, 0.4) is 0 Å². The van der Waals surface area contributed by atoms with Crippen molar-refractivity contribution >= 4 is 0 Å². The van der Waals surface area contributed by atoms with E-state index in [1.807, 2.05) is 0 Å². The molecular formula is C13H27N3. The smallest absolute Gasteiger partial charge is 0.0195 e. The highest BCUT2D eigenvalue weighted by Crippen LogP contribution is 2.11.